The highest BCUT2D eigenvalue weighted by molar-refractivity contribution is 6.35. The number of aliphatic hydroxyl groups excluding tert-OH is 1. The first kappa shape index (κ1) is 27.0. The third kappa shape index (κ3) is 5.88. The fourth-order valence-corrected chi connectivity index (χ4v) is 6.82. The molecule has 2 saturated heterocycles. The van der Waals surface area contributed by atoms with Gasteiger partial charge in [-0.1, -0.05) is 50.0 Å². The lowest BCUT2D eigenvalue weighted by Crippen LogP contribution is -2.56. The molecule has 6 nitrogen and oxygen atoms in total. The smallest absolute Gasteiger partial charge is 0.227 e. The first-order chi connectivity index (χ1) is 17.7. The number of aromatic nitrogens is 2. The molecule has 1 unspecified atom stereocenters. The van der Waals surface area contributed by atoms with Crippen LogP contribution < -0.4 is 10.2 Å². The number of hydrogen-bond acceptors (Lipinski definition) is 6. The number of anilines is 2. The third-order valence-electron chi connectivity index (χ3n) is 8.75. The van der Waals surface area contributed by atoms with Gasteiger partial charge in [-0.25, -0.2) is 4.98 Å². The van der Waals surface area contributed by atoms with Crippen LogP contribution in [0.1, 0.15) is 76.7 Å². The summed E-state index contributed by atoms with van der Waals surface area (Å²) in [7, 11) is 0. The summed E-state index contributed by atoms with van der Waals surface area (Å²) in [4.78, 5) is 14.7. The maximum Gasteiger partial charge on any atom is 0.227 e. The zero-order chi connectivity index (χ0) is 26.3. The summed E-state index contributed by atoms with van der Waals surface area (Å²) in [5, 5.41) is 15.6. The van der Waals surface area contributed by atoms with E-state index in [2.05, 4.69) is 27.0 Å². The quantitative estimate of drug-likeness (QED) is 0.389. The number of benzene rings is 1. The minimum atomic E-state index is -0.656. The predicted molar refractivity (Wildman–Crippen MR) is 153 cm³/mol. The van der Waals surface area contributed by atoms with Gasteiger partial charge in [0.2, 0.25) is 5.95 Å². The first-order valence-electron chi connectivity index (χ1n) is 13.9. The molecule has 37 heavy (non-hydrogen) atoms. The number of likely N-dealkylation sites (tertiary alicyclic amines) is 1. The molecular formula is C29H41Cl2N5O. The minimum Gasteiger partial charge on any atom is -0.388 e. The molecule has 0 spiro atoms. The van der Waals surface area contributed by atoms with Crippen molar-refractivity contribution in [2.75, 3.05) is 36.4 Å². The molecule has 0 amide bonds. The summed E-state index contributed by atoms with van der Waals surface area (Å²) < 4.78 is 0. The Hall–Kier alpha value is -1.60. The predicted octanol–water partition coefficient (Wildman–Crippen LogP) is 6.59. The van der Waals surface area contributed by atoms with Crippen molar-refractivity contribution in [3.63, 3.8) is 0 Å². The van der Waals surface area contributed by atoms with Crippen LogP contribution in [0.25, 0.3) is 0 Å². The SMILES string of the molecule is CC1CC(N2CCC[C@H](C3CN(c4ncc(C(O)C(C)C)c(N[C@H](C)c5ccc(Cl)cc5Cl)n4)C3)C2)C1. The first-order valence-corrected chi connectivity index (χ1v) is 14.7. The van der Waals surface area contributed by atoms with Crippen LogP contribution in [0.3, 0.4) is 0 Å². The Morgan fingerprint density at radius 1 is 1.05 bits per heavy atom. The number of halogens is 2. The molecule has 0 radical (unpaired) electrons. The Morgan fingerprint density at radius 2 is 1.81 bits per heavy atom. The van der Waals surface area contributed by atoms with Gasteiger partial charge in [0.15, 0.2) is 0 Å². The van der Waals surface area contributed by atoms with Crippen LogP contribution in [0.4, 0.5) is 11.8 Å². The molecule has 1 aromatic carbocycles. The van der Waals surface area contributed by atoms with Crippen molar-refractivity contribution in [3.8, 4) is 0 Å². The molecule has 1 saturated carbocycles. The van der Waals surface area contributed by atoms with Crippen LogP contribution in [0.2, 0.25) is 10.0 Å². The lowest BCUT2D eigenvalue weighted by molar-refractivity contribution is 0.0294. The van der Waals surface area contributed by atoms with E-state index in [-0.39, 0.29) is 12.0 Å². The average molecular weight is 547 g/mol. The number of nitrogens with one attached hydrogen (secondary N) is 1. The van der Waals surface area contributed by atoms with E-state index in [0.29, 0.717) is 27.3 Å². The maximum atomic E-state index is 10.9. The normalized spacial score (nSPS) is 26.5. The Labute approximate surface area is 231 Å². The Balaban J connectivity index is 1.28. The molecule has 2 aromatic rings. The number of piperidine rings is 1. The molecule has 3 atom stereocenters. The second-order valence-electron chi connectivity index (χ2n) is 12.0. The van der Waals surface area contributed by atoms with Crippen LogP contribution in [-0.2, 0) is 0 Å². The molecule has 1 aromatic heterocycles. The summed E-state index contributed by atoms with van der Waals surface area (Å²) >= 11 is 12.6. The summed E-state index contributed by atoms with van der Waals surface area (Å²) in [5.74, 6) is 3.82. The van der Waals surface area contributed by atoms with Gasteiger partial charge in [-0.15, -0.1) is 0 Å². The molecule has 2 aliphatic heterocycles. The topological polar surface area (TPSA) is 64.5 Å². The highest BCUT2D eigenvalue weighted by Gasteiger charge is 2.40. The van der Waals surface area contributed by atoms with E-state index in [1.165, 1.54) is 38.8 Å². The maximum absolute atomic E-state index is 10.9. The van der Waals surface area contributed by atoms with Gasteiger partial charge in [0, 0.05) is 47.5 Å². The summed E-state index contributed by atoms with van der Waals surface area (Å²) in [5.41, 5.74) is 1.65. The molecule has 8 heteroatoms. The molecule has 3 aliphatic rings. The zero-order valence-electron chi connectivity index (χ0n) is 22.5. The highest BCUT2D eigenvalue weighted by Crippen LogP contribution is 2.39. The van der Waals surface area contributed by atoms with Gasteiger partial charge in [-0.2, -0.15) is 4.98 Å². The Kier molecular flexibility index (Phi) is 8.21. The molecule has 3 heterocycles. The molecule has 3 fully saturated rings. The van der Waals surface area contributed by atoms with E-state index in [0.717, 1.165) is 42.5 Å². The van der Waals surface area contributed by atoms with Crippen molar-refractivity contribution < 1.29 is 5.11 Å². The number of nitrogens with zero attached hydrogens (tertiary/aromatic N) is 4. The fourth-order valence-electron chi connectivity index (χ4n) is 6.25. The van der Waals surface area contributed by atoms with Gasteiger partial charge >= 0.3 is 0 Å². The monoisotopic (exact) mass is 545 g/mol. The number of aliphatic hydroxyl groups is 1. The molecule has 2 N–H and O–H groups in total. The average Bonchev–Trinajstić information content (AvgIpc) is 2.81. The lowest BCUT2D eigenvalue weighted by Gasteiger charge is -2.50. The van der Waals surface area contributed by atoms with E-state index in [4.69, 9.17) is 28.2 Å². The molecule has 1 aliphatic carbocycles. The van der Waals surface area contributed by atoms with E-state index in [9.17, 15) is 5.11 Å². The fraction of sp³-hybridized carbons (Fsp3) is 0.655. The van der Waals surface area contributed by atoms with Crippen molar-refractivity contribution >= 4 is 35.0 Å². The molecule has 202 valence electrons. The molecular weight excluding hydrogens is 505 g/mol. The van der Waals surface area contributed by atoms with Crippen LogP contribution >= 0.6 is 23.2 Å². The lowest BCUT2D eigenvalue weighted by atomic mass is 9.76. The van der Waals surface area contributed by atoms with E-state index in [1.54, 1.807) is 12.3 Å². The molecule has 0 bridgehead atoms. The van der Waals surface area contributed by atoms with Gasteiger partial charge in [0.25, 0.3) is 0 Å². The van der Waals surface area contributed by atoms with Crippen LogP contribution in [0, 0.1) is 23.7 Å². The van der Waals surface area contributed by atoms with Gasteiger partial charge in [-0.05, 0) is 80.5 Å². The van der Waals surface area contributed by atoms with Crippen molar-refractivity contribution in [2.45, 2.75) is 71.6 Å². The van der Waals surface area contributed by atoms with Gasteiger partial charge in [0.1, 0.15) is 5.82 Å². The van der Waals surface area contributed by atoms with E-state index in [1.807, 2.05) is 32.9 Å². The summed E-state index contributed by atoms with van der Waals surface area (Å²) in [6.45, 7) is 13.0. The van der Waals surface area contributed by atoms with Gasteiger partial charge in [-0.3, -0.25) is 0 Å². The highest BCUT2D eigenvalue weighted by atomic mass is 35.5. The second kappa shape index (κ2) is 11.3. The van der Waals surface area contributed by atoms with Crippen LogP contribution in [0.5, 0.6) is 0 Å². The van der Waals surface area contributed by atoms with Gasteiger partial charge in [0.05, 0.1) is 12.1 Å². The van der Waals surface area contributed by atoms with Gasteiger partial charge < -0.3 is 20.2 Å². The third-order valence-corrected chi connectivity index (χ3v) is 9.31. The largest absolute Gasteiger partial charge is 0.388 e. The molecule has 5 rings (SSSR count). The Morgan fingerprint density at radius 3 is 2.49 bits per heavy atom. The van der Waals surface area contributed by atoms with Crippen molar-refractivity contribution in [1.29, 1.82) is 0 Å². The van der Waals surface area contributed by atoms with Crippen LogP contribution in [-0.4, -0.2) is 52.2 Å². The van der Waals surface area contributed by atoms with Crippen LogP contribution in [0.15, 0.2) is 24.4 Å². The summed E-state index contributed by atoms with van der Waals surface area (Å²) in [6.07, 6.45) is 6.55. The standard InChI is InChI=1S/C29H41Cl2N5O/c1-17(2)27(37)25-13-32-29(34-28(25)33-19(4)24-8-7-22(30)12-26(24)31)36-15-21(16-36)20-6-5-9-35(14-20)23-10-18(3)11-23/h7-8,12-13,17-21,23,27,37H,5-6,9-11,14-16H2,1-4H3,(H,32,33,34)/t18?,19-,20+,23?,27?/m1/s1. The second-order valence-corrected chi connectivity index (χ2v) is 12.8. The zero-order valence-corrected chi connectivity index (χ0v) is 24.0. The van der Waals surface area contributed by atoms with Crippen molar-refractivity contribution in [3.05, 3.63) is 45.6 Å². The van der Waals surface area contributed by atoms with Crippen molar-refractivity contribution in [1.82, 2.24) is 14.9 Å². The number of rotatable bonds is 8. The summed E-state index contributed by atoms with van der Waals surface area (Å²) in [6, 6.07) is 6.23. The Bertz CT molecular complexity index is 1090. The van der Waals surface area contributed by atoms with Crippen molar-refractivity contribution in [2.24, 2.45) is 23.7 Å². The number of hydrogen-bond donors (Lipinski definition) is 2. The van der Waals surface area contributed by atoms with E-state index < -0.39 is 6.10 Å². The van der Waals surface area contributed by atoms with E-state index >= 15 is 0 Å². The minimum absolute atomic E-state index is 0.0470.